The zero-order valence-corrected chi connectivity index (χ0v) is 18.5. The van der Waals surface area contributed by atoms with Gasteiger partial charge in [-0.3, -0.25) is 4.72 Å². The molecule has 0 amide bonds. The van der Waals surface area contributed by atoms with E-state index < -0.39 is 34.0 Å². The van der Waals surface area contributed by atoms with Gasteiger partial charge in [-0.25, -0.2) is 22.4 Å². The summed E-state index contributed by atoms with van der Waals surface area (Å²) in [5.41, 5.74) is 0.792. The molecule has 3 N–H and O–H groups in total. The van der Waals surface area contributed by atoms with Gasteiger partial charge in [0.05, 0.1) is 16.1 Å². The Labute approximate surface area is 192 Å². The topological polar surface area (TPSA) is 124 Å². The van der Waals surface area contributed by atoms with Gasteiger partial charge in [-0.05, 0) is 55.3 Å². The van der Waals surface area contributed by atoms with Crippen molar-refractivity contribution in [1.29, 1.82) is 0 Å². The van der Waals surface area contributed by atoms with Gasteiger partial charge in [-0.1, -0.05) is 12.8 Å². The molecule has 3 rings (SSSR count). The van der Waals surface area contributed by atoms with Gasteiger partial charge in [0.25, 0.3) is 10.0 Å². The number of benzene rings is 2. The number of alkyl halides is 3. The molecule has 1 heterocycles. The standard InChI is InChI=1S/C19H21FN2O4S.C2HF3O2/c20-14-5-8-16(9-6-14)27(25,26)21-15-7-10-18(17(13-15)19(23)24)22-11-3-1-2-4-12-22;3-2(4,5)1(6)7/h5-10,13,21H,1-4,11-12H2,(H,23,24);(H,6,7). The first-order chi connectivity index (χ1) is 15.8. The predicted octanol–water partition coefficient (Wildman–Crippen LogP) is 4.34. The van der Waals surface area contributed by atoms with E-state index in [0.29, 0.717) is 5.69 Å². The molecule has 2 aromatic rings. The van der Waals surface area contributed by atoms with Crippen LogP contribution in [-0.2, 0) is 14.8 Å². The maximum Gasteiger partial charge on any atom is 0.490 e. The van der Waals surface area contributed by atoms with Gasteiger partial charge in [0, 0.05) is 18.8 Å². The van der Waals surface area contributed by atoms with Gasteiger partial charge >= 0.3 is 18.1 Å². The summed E-state index contributed by atoms with van der Waals surface area (Å²) in [6.45, 7) is 1.56. The van der Waals surface area contributed by atoms with Gasteiger partial charge in [-0.15, -0.1) is 0 Å². The molecule has 13 heteroatoms. The van der Waals surface area contributed by atoms with Crippen molar-refractivity contribution >= 4 is 33.3 Å². The van der Waals surface area contributed by atoms with Crippen LogP contribution >= 0.6 is 0 Å². The van der Waals surface area contributed by atoms with Crippen LogP contribution < -0.4 is 9.62 Å². The first-order valence-corrected chi connectivity index (χ1v) is 11.5. The normalized spacial score (nSPS) is 14.4. The highest BCUT2D eigenvalue weighted by molar-refractivity contribution is 7.92. The Balaban J connectivity index is 0.000000509. The number of aliphatic carboxylic acids is 1. The summed E-state index contributed by atoms with van der Waals surface area (Å²) in [5, 5.41) is 16.7. The number of anilines is 2. The van der Waals surface area contributed by atoms with E-state index in [-0.39, 0.29) is 16.1 Å². The molecule has 0 spiro atoms. The van der Waals surface area contributed by atoms with Gasteiger partial charge < -0.3 is 15.1 Å². The fraction of sp³-hybridized carbons (Fsp3) is 0.333. The zero-order chi connectivity index (χ0) is 25.5. The third kappa shape index (κ3) is 7.61. The third-order valence-corrected chi connectivity index (χ3v) is 6.19. The zero-order valence-electron chi connectivity index (χ0n) is 17.7. The molecule has 0 radical (unpaired) electrons. The molecule has 0 unspecified atom stereocenters. The summed E-state index contributed by atoms with van der Waals surface area (Å²) >= 11 is 0. The van der Waals surface area contributed by atoms with Crippen LogP contribution in [0.25, 0.3) is 0 Å². The van der Waals surface area contributed by atoms with E-state index in [1.165, 1.54) is 6.07 Å². The highest BCUT2D eigenvalue weighted by atomic mass is 32.2. The van der Waals surface area contributed by atoms with Gasteiger partial charge in [-0.2, -0.15) is 13.2 Å². The lowest BCUT2D eigenvalue weighted by Gasteiger charge is -2.24. The van der Waals surface area contributed by atoms with Crippen LogP contribution in [0, 0.1) is 5.82 Å². The Morgan fingerprint density at radius 1 is 0.912 bits per heavy atom. The van der Waals surface area contributed by atoms with Crippen LogP contribution in [0.15, 0.2) is 47.4 Å². The summed E-state index contributed by atoms with van der Waals surface area (Å²) in [6.07, 6.45) is -0.848. The molecule has 0 bridgehead atoms. The SMILES string of the molecule is O=C(O)C(F)(F)F.O=C(O)c1cc(NS(=O)(=O)c2ccc(F)cc2)ccc1N1CCCCCC1. The predicted molar refractivity (Wildman–Crippen MR) is 115 cm³/mol. The van der Waals surface area contributed by atoms with E-state index in [2.05, 4.69) is 4.72 Å². The molecule has 1 fully saturated rings. The Morgan fingerprint density at radius 2 is 1.44 bits per heavy atom. The fourth-order valence-electron chi connectivity index (χ4n) is 3.19. The monoisotopic (exact) mass is 506 g/mol. The van der Waals surface area contributed by atoms with E-state index in [4.69, 9.17) is 9.90 Å². The third-order valence-electron chi connectivity index (χ3n) is 4.79. The molecule has 1 aliphatic rings. The molecule has 0 aromatic heterocycles. The van der Waals surface area contributed by atoms with Crippen LogP contribution in [0.1, 0.15) is 36.0 Å². The summed E-state index contributed by atoms with van der Waals surface area (Å²) in [6, 6.07) is 8.93. The number of nitrogens with zero attached hydrogens (tertiary/aromatic N) is 1. The van der Waals surface area contributed by atoms with Crippen molar-refractivity contribution in [2.45, 2.75) is 36.8 Å². The highest BCUT2D eigenvalue weighted by Gasteiger charge is 2.38. The van der Waals surface area contributed by atoms with E-state index >= 15 is 0 Å². The van der Waals surface area contributed by atoms with Crippen molar-refractivity contribution in [2.24, 2.45) is 0 Å². The summed E-state index contributed by atoms with van der Waals surface area (Å²) in [7, 11) is -3.94. The van der Waals surface area contributed by atoms with Crippen LogP contribution in [0.4, 0.5) is 28.9 Å². The van der Waals surface area contributed by atoms with Crippen molar-refractivity contribution in [3.8, 4) is 0 Å². The van der Waals surface area contributed by atoms with E-state index in [0.717, 1.165) is 63.0 Å². The number of rotatable bonds is 5. The largest absolute Gasteiger partial charge is 0.490 e. The number of nitrogens with one attached hydrogen (secondary N) is 1. The summed E-state index contributed by atoms with van der Waals surface area (Å²) in [4.78, 5) is 22.6. The minimum atomic E-state index is -5.08. The molecular weight excluding hydrogens is 484 g/mol. The Bertz CT molecular complexity index is 1110. The fourth-order valence-corrected chi connectivity index (χ4v) is 4.24. The maximum absolute atomic E-state index is 13.0. The Kier molecular flexibility index (Phi) is 8.85. The molecule has 0 aliphatic carbocycles. The number of carboxylic acids is 2. The van der Waals surface area contributed by atoms with Crippen molar-refractivity contribution < 1.29 is 45.8 Å². The lowest BCUT2D eigenvalue weighted by atomic mass is 10.1. The number of hydrogen-bond donors (Lipinski definition) is 3. The Morgan fingerprint density at radius 3 is 1.91 bits per heavy atom. The van der Waals surface area contributed by atoms with Gasteiger partial charge in [0.1, 0.15) is 5.82 Å². The maximum atomic E-state index is 13.0. The molecule has 1 saturated heterocycles. The van der Waals surface area contributed by atoms with Crippen LogP contribution in [-0.4, -0.2) is 49.8 Å². The summed E-state index contributed by atoms with van der Waals surface area (Å²) < 4.78 is 72.0. The van der Waals surface area contributed by atoms with E-state index in [1.54, 1.807) is 12.1 Å². The Hall–Kier alpha value is -3.35. The lowest BCUT2D eigenvalue weighted by Crippen LogP contribution is -2.26. The van der Waals surface area contributed by atoms with E-state index in [9.17, 15) is 35.9 Å². The number of carboxylic acid groups (broad SMARTS) is 2. The molecule has 186 valence electrons. The number of hydrogen-bond acceptors (Lipinski definition) is 5. The van der Waals surface area contributed by atoms with Crippen LogP contribution in [0.3, 0.4) is 0 Å². The second kappa shape index (κ2) is 11.2. The molecule has 2 aromatic carbocycles. The first-order valence-electron chi connectivity index (χ1n) is 10.0. The average Bonchev–Trinajstić information content (AvgIpc) is 3.03. The highest BCUT2D eigenvalue weighted by Crippen LogP contribution is 2.28. The number of aromatic carboxylic acids is 1. The first kappa shape index (κ1) is 26.9. The van der Waals surface area contributed by atoms with Crippen molar-refractivity contribution in [3.63, 3.8) is 0 Å². The number of carbonyl (C=O) groups is 2. The smallest absolute Gasteiger partial charge is 0.478 e. The second-order valence-electron chi connectivity index (χ2n) is 7.30. The minimum Gasteiger partial charge on any atom is -0.478 e. The molecule has 34 heavy (non-hydrogen) atoms. The second-order valence-corrected chi connectivity index (χ2v) is 8.98. The minimum absolute atomic E-state index is 0.0520. The van der Waals surface area contributed by atoms with Crippen molar-refractivity contribution in [1.82, 2.24) is 0 Å². The summed E-state index contributed by atoms with van der Waals surface area (Å²) in [5.74, 6) is -4.41. The number of sulfonamides is 1. The molecule has 0 atom stereocenters. The lowest BCUT2D eigenvalue weighted by molar-refractivity contribution is -0.192. The number of halogens is 4. The van der Waals surface area contributed by atoms with Gasteiger partial charge in [0.15, 0.2) is 0 Å². The average molecular weight is 506 g/mol. The van der Waals surface area contributed by atoms with E-state index in [1.807, 2.05) is 4.90 Å². The molecule has 1 aliphatic heterocycles. The van der Waals surface area contributed by atoms with Gasteiger partial charge in [0.2, 0.25) is 0 Å². The quantitative estimate of drug-likeness (QED) is 0.516. The molecule has 0 saturated carbocycles. The van der Waals surface area contributed by atoms with Crippen molar-refractivity contribution in [2.75, 3.05) is 22.7 Å². The van der Waals surface area contributed by atoms with Crippen molar-refractivity contribution in [3.05, 3.63) is 53.8 Å². The van der Waals surface area contributed by atoms with Crippen LogP contribution in [0.2, 0.25) is 0 Å². The van der Waals surface area contributed by atoms with Crippen LogP contribution in [0.5, 0.6) is 0 Å². The molecule has 8 nitrogen and oxygen atoms in total. The molecular formula is C21H22F4N2O6S.